The number of benzene rings is 1. The lowest BCUT2D eigenvalue weighted by Crippen LogP contribution is -2.13. The van der Waals surface area contributed by atoms with E-state index in [4.69, 9.17) is 16.0 Å². The molecule has 0 spiro atoms. The highest BCUT2D eigenvalue weighted by Crippen LogP contribution is 2.18. The van der Waals surface area contributed by atoms with Gasteiger partial charge in [0.15, 0.2) is 0 Å². The van der Waals surface area contributed by atoms with Crippen LogP contribution in [-0.2, 0) is 13.1 Å². The van der Waals surface area contributed by atoms with Gasteiger partial charge in [0.2, 0.25) is 0 Å². The first-order valence-electron chi connectivity index (χ1n) is 4.93. The van der Waals surface area contributed by atoms with Gasteiger partial charge in [0, 0.05) is 17.1 Å². The van der Waals surface area contributed by atoms with Crippen molar-refractivity contribution in [1.29, 1.82) is 0 Å². The van der Waals surface area contributed by atoms with Crippen LogP contribution in [0.1, 0.15) is 11.3 Å². The minimum Gasteiger partial charge on any atom is -0.468 e. The molecule has 0 amide bonds. The molecule has 0 saturated heterocycles. The molecule has 0 fully saturated rings. The van der Waals surface area contributed by atoms with Crippen molar-refractivity contribution in [3.05, 3.63) is 58.8 Å². The zero-order chi connectivity index (χ0) is 11.4. The molecule has 1 aromatic carbocycles. The standard InChI is InChI=1S/C12H11ClFNO.ClH/c13-11-4-1-5-12(14)10(11)8-15-7-9-3-2-6-16-9;/h1-6,15H,7-8H2;1H. The van der Waals surface area contributed by atoms with Crippen LogP contribution in [0.2, 0.25) is 5.02 Å². The molecule has 0 aliphatic rings. The number of rotatable bonds is 4. The molecule has 0 radical (unpaired) electrons. The third kappa shape index (κ3) is 3.73. The van der Waals surface area contributed by atoms with Crippen LogP contribution >= 0.6 is 24.0 Å². The molecule has 1 N–H and O–H groups in total. The molecule has 17 heavy (non-hydrogen) atoms. The van der Waals surface area contributed by atoms with Crippen molar-refractivity contribution in [1.82, 2.24) is 5.32 Å². The van der Waals surface area contributed by atoms with Gasteiger partial charge in [-0.15, -0.1) is 12.4 Å². The van der Waals surface area contributed by atoms with Crippen molar-refractivity contribution < 1.29 is 8.81 Å². The number of hydrogen-bond donors (Lipinski definition) is 1. The average Bonchev–Trinajstić information content (AvgIpc) is 2.75. The van der Waals surface area contributed by atoms with E-state index < -0.39 is 0 Å². The van der Waals surface area contributed by atoms with E-state index in [2.05, 4.69) is 5.32 Å². The Kier molecular flexibility index (Phi) is 5.48. The van der Waals surface area contributed by atoms with Crippen LogP contribution in [0.15, 0.2) is 41.0 Å². The van der Waals surface area contributed by atoms with Gasteiger partial charge in [-0.2, -0.15) is 0 Å². The van der Waals surface area contributed by atoms with Crippen LogP contribution < -0.4 is 5.32 Å². The number of furan rings is 1. The van der Waals surface area contributed by atoms with Crippen molar-refractivity contribution in [2.75, 3.05) is 0 Å². The Labute approximate surface area is 110 Å². The fourth-order valence-electron chi connectivity index (χ4n) is 1.43. The van der Waals surface area contributed by atoms with E-state index in [9.17, 15) is 4.39 Å². The number of nitrogens with one attached hydrogen (secondary N) is 1. The van der Waals surface area contributed by atoms with Crippen LogP contribution in [-0.4, -0.2) is 0 Å². The first-order valence-corrected chi connectivity index (χ1v) is 5.31. The summed E-state index contributed by atoms with van der Waals surface area (Å²) in [5.74, 6) is 0.520. The monoisotopic (exact) mass is 275 g/mol. The summed E-state index contributed by atoms with van der Waals surface area (Å²) in [6.45, 7) is 0.934. The largest absolute Gasteiger partial charge is 0.468 e. The van der Waals surface area contributed by atoms with Crippen molar-refractivity contribution in [3.63, 3.8) is 0 Å². The van der Waals surface area contributed by atoms with E-state index in [1.807, 2.05) is 12.1 Å². The van der Waals surface area contributed by atoms with E-state index in [0.717, 1.165) is 5.76 Å². The van der Waals surface area contributed by atoms with E-state index in [-0.39, 0.29) is 18.2 Å². The van der Waals surface area contributed by atoms with Crippen LogP contribution in [0.25, 0.3) is 0 Å². The molecular weight excluding hydrogens is 264 g/mol. The Morgan fingerprint density at radius 2 is 2.00 bits per heavy atom. The molecule has 1 aromatic heterocycles. The maximum absolute atomic E-state index is 13.4. The van der Waals surface area contributed by atoms with Gasteiger partial charge in [0.05, 0.1) is 12.8 Å². The minimum atomic E-state index is -0.292. The van der Waals surface area contributed by atoms with Crippen LogP contribution in [0.4, 0.5) is 4.39 Å². The lowest BCUT2D eigenvalue weighted by molar-refractivity contribution is 0.479. The fourth-order valence-corrected chi connectivity index (χ4v) is 1.65. The van der Waals surface area contributed by atoms with E-state index >= 15 is 0 Å². The third-order valence-electron chi connectivity index (χ3n) is 2.24. The summed E-state index contributed by atoms with van der Waals surface area (Å²) in [7, 11) is 0. The molecule has 2 nitrogen and oxygen atoms in total. The molecule has 2 aromatic rings. The average molecular weight is 276 g/mol. The summed E-state index contributed by atoms with van der Waals surface area (Å²) >= 11 is 5.89. The van der Waals surface area contributed by atoms with E-state index in [1.54, 1.807) is 18.4 Å². The highest BCUT2D eigenvalue weighted by atomic mass is 35.5. The molecule has 5 heteroatoms. The summed E-state index contributed by atoms with van der Waals surface area (Å²) in [5.41, 5.74) is 0.482. The smallest absolute Gasteiger partial charge is 0.129 e. The highest BCUT2D eigenvalue weighted by Gasteiger charge is 2.06. The maximum atomic E-state index is 13.4. The lowest BCUT2D eigenvalue weighted by atomic mass is 10.2. The molecule has 0 saturated carbocycles. The molecule has 0 bridgehead atoms. The topological polar surface area (TPSA) is 25.2 Å². The minimum absolute atomic E-state index is 0. The molecule has 0 unspecified atom stereocenters. The SMILES string of the molecule is Cl.Fc1cccc(Cl)c1CNCc1ccco1. The van der Waals surface area contributed by atoms with Gasteiger partial charge >= 0.3 is 0 Å². The second-order valence-electron chi connectivity index (χ2n) is 3.38. The maximum Gasteiger partial charge on any atom is 0.129 e. The summed E-state index contributed by atoms with van der Waals surface area (Å²) in [5, 5.41) is 3.50. The van der Waals surface area contributed by atoms with Gasteiger partial charge in [-0.1, -0.05) is 17.7 Å². The summed E-state index contributed by atoms with van der Waals surface area (Å²) in [4.78, 5) is 0. The Balaban J connectivity index is 0.00000144. The third-order valence-corrected chi connectivity index (χ3v) is 2.60. The van der Waals surface area contributed by atoms with Crippen molar-refractivity contribution in [3.8, 4) is 0 Å². The molecule has 0 aliphatic carbocycles. The van der Waals surface area contributed by atoms with Gasteiger partial charge in [-0.3, -0.25) is 0 Å². The molecule has 92 valence electrons. The van der Waals surface area contributed by atoms with Crippen molar-refractivity contribution in [2.24, 2.45) is 0 Å². The van der Waals surface area contributed by atoms with Gasteiger partial charge in [-0.05, 0) is 24.3 Å². The van der Waals surface area contributed by atoms with Crippen molar-refractivity contribution in [2.45, 2.75) is 13.1 Å². The lowest BCUT2D eigenvalue weighted by Gasteiger charge is -2.06. The Morgan fingerprint density at radius 3 is 2.65 bits per heavy atom. The fraction of sp³-hybridized carbons (Fsp3) is 0.167. The van der Waals surface area contributed by atoms with E-state index in [1.165, 1.54) is 6.07 Å². The van der Waals surface area contributed by atoms with Gasteiger partial charge < -0.3 is 9.73 Å². The van der Waals surface area contributed by atoms with Crippen LogP contribution in [0.5, 0.6) is 0 Å². The second-order valence-corrected chi connectivity index (χ2v) is 3.79. The first kappa shape index (κ1) is 14.0. The zero-order valence-corrected chi connectivity index (χ0v) is 10.5. The Morgan fingerprint density at radius 1 is 1.18 bits per heavy atom. The van der Waals surface area contributed by atoms with Gasteiger partial charge in [-0.25, -0.2) is 4.39 Å². The quantitative estimate of drug-likeness (QED) is 0.919. The van der Waals surface area contributed by atoms with Crippen LogP contribution in [0.3, 0.4) is 0 Å². The first-order chi connectivity index (χ1) is 7.77. The molecule has 2 rings (SSSR count). The summed E-state index contributed by atoms with van der Waals surface area (Å²) < 4.78 is 18.5. The van der Waals surface area contributed by atoms with Gasteiger partial charge in [0.1, 0.15) is 11.6 Å². The molecule has 1 heterocycles. The predicted octanol–water partition coefficient (Wildman–Crippen LogP) is 3.78. The van der Waals surface area contributed by atoms with Crippen molar-refractivity contribution >= 4 is 24.0 Å². The highest BCUT2D eigenvalue weighted by molar-refractivity contribution is 6.31. The Hall–Kier alpha value is -1.03. The number of halogens is 3. The normalized spacial score (nSPS) is 10.0. The van der Waals surface area contributed by atoms with Gasteiger partial charge in [0.25, 0.3) is 0 Å². The Bertz CT molecular complexity index is 439. The molecular formula is C12H12Cl2FNO. The molecule has 0 atom stereocenters. The zero-order valence-electron chi connectivity index (χ0n) is 8.95. The summed E-state index contributed by atoms with van der Waals surface area (Å²) in [6, 6.07) is 8.33. The van der Waals surface area contributed by atoms with E-state index in [0.29, 0.717) is 23.7 Å². The van der Waals surface area contributed by atoms with Crippen LogP contribution in [0, 0.1) is 5.82 Å². The molecule has 0 aliphatic heterocycles. The number of hydrogen-bond acceptors (Lipinski definition) is 2. The summed E-state index contributed by atoms with van der Waals surface area (Å²) in [6.07, 6.45) is 1.60. The predicted molar refractivity (Wildman–Crippen MR) is 67.9 cm³/mol. The second kappa shape index (κ2) is 6.64.